The molecule has 0 aromatic rings. The Bertz CT molecular complexity index is 363. The maximum absolute atomic E-state index is 12.1. The van der Waals surface area contributed by atoms with Crippen LogP contribution in [0.15, 0.2) is 0 Å². The van der Waals surface area contributed by atoms with Crippen LogP contribution in [0.4, 0.5) is 0 Å². The van der Waals surface area contributed by atoms with Crippen molar-refractivity contribution in [1.82, 2.24) is 9.80 Å². The number of carbonyl (C=O) groups excluding carboxylic acids is 2. The molecule has 0 radical (unpaired) electrons. The predicted molar refractivity (Wildman–Crippen MR) is 76.6 cm³/mol. The van der Waals surface area contributed by atoms with Gasteiger partial charge >= 0.3 is 5.97 Å². The molecule has 0 spiro atoms. The zero-order chi connectivity index (χ0) is 15.2. The SMILES string of the molecule is CCOC(=O)C(N)C(=O)N1CCN(CC2CCCO2)CC1. The maximum Gasteiger partial charge on any atom is 0.332 e. The molecule has 2 rings (SSSR count). The fraction of sp³-hybridized carbons (Fsp3) is 0.857. The van der Waals surface area contributed by atoms with Crippen molar-refractivity contribution in [3.05, 3.63) is 0 Å². The van der Waals surface area contributed by atoms with Crippen molar-refractivity contribution in [3.8, 4) is 0 Å². The minimum atomic E-state index is -1.20. The summed E-state index contributed by atoms with van der Waals surface area (Å²) in [5, 5.41) is 0. The topological polar surface area (TPSA) is 85.1 Å². The van der Waals surface area contributed by atoms with Crippen LogP contribution >= 0.6 is 0 Å². The Morgan fingerprint density at radius 2 is 2.05 bits per heavy atom. The number of piperazine rings is 1. The third-order valence-electron chi connectivity index (χ3n) is 3.98. The zero-order valence-corrected chi connectivity index (χ0v) is 12.6. The number of carbonyl (C=O) groups is 2. The van der Waals surface area contributed by atoms with Crippen LogP contribution in [0, 0.1) is 0 Å². The standard InChI is InChI=1S/C14H25N3O4/c1-2-20-14(19)12(15)13(18)17-7-5-16(6-8-17)10-11-4-3-9-21-11/h11-12H,2-10,15H2,1H3. The summed E-state index contributed by atoms with van der Waals surface area (Å²) < 4.78 is 10.4. The molecular weight excluding hydrogens is 274 g/mol. The molecule has 2 fully saturated rings. The van der Waals surface area contributed by atoms with Gasteiger partial charge in [0.15, 0.2) is 6.04 Å². The molecule has 0 aromatic heterocycles. The Morgan fingerprint density at radius 1 is 1.33 bits per heavy atom. The number of ether oxygens (including phenoxy) is 2. The van der Waals surface area contributed by atoms with Crippen LogP contribution in [0.5, 0.6) is 0 Å². The summed E-state index contributed by atoms with van der Waals surface area (Å²) in [6.45, 7) is 6.48. The number of rotatable bonds is 5. The summed E-state index contributed by atoms with van der Waals surface area (Å²) in [4.78, 5) is 27.6. The number of hydrogen-bond acceptors (Lipinski definition) is 6. The molecule has 7 nitrogen and oxygen atoms in total. The molecule has 2 unspecified atom stereocenters. The molecule has 2 atom stereocenters. The van der Waals surface area contributed by atoms with Crippen molar-refractivity contribution in [1.29, 1.82) is 0 Å². The van der Waals surface area contributed by atoms with Gasteiger partial charge in [-0.1, -0.05) is 0 Å². The highest BCUT2D eigenvalue weighted by atomic mass is 16.5. The van der Waals surface area contributed by atoms with E-state index < -0.39 is 12.0 Å². The minimum absolute atomic E-state index is 0.231. The molecule has 2 saturated heterocycles. The lowest BCUT2D eigenvalue weighted by Gasteiger charge is -2.36. The molecule has 2 aliphatic rings. The van der Waals surface area contributed by atoms with E-state index >= 15 is 0 Å². The largest absolute Gasteiger partial charge is 0.464 e. The van der Waals surface area contributed by atoms with Crippen molar-refractivity contribution >= 4 is 11.9 Å². The Labute approximate surface area is 125 Å². The third-order valence-corrected chi connectivity index (χ3v) is 3.98. The fourth-order valence-corrected chi connectivity index (χ4v) is 2.76. The zero-order valence-electron chi connectivity index (χ0n) is 12.6. The molecule has 2 heterocycles. The summed E-state index contributed by atoms with van der Waals surface area (Å²) in [6, 6.07) is -1.20. The number of amides is 1. The van der Waals surface area contributed by atoms with Crippen LogP contribution < -0.4 is 5.73 Å². The van der Waals surface area contributed by atoms with Gasteiger partial charge in [-0.05, 0) is 19.8 Å². The average Bonchev–Trinajstić information content (AvgIpc) is 3.00. The van der Waals surface area contributed by atoms with E-state index in [4.69, 9.17) is 15.2 Å². The normalized spacial score (nSPS) is 24.9. The highest BCUT2D eigenvalue weighted by molar-refractivity contribution is 6.01. The molecule has 1 amide bonds. The lowest BCUT2D eigenvalue weighted by molar-refractivity contribution is -0.151. The van der Waals surface area contributed by atoms with Crippen LogP contribution in [0.3, 0.4) is 0 Å². The van der Waals surface area contributed by atoms with E-state index in [2.05, 4.69) is 4.90 Å². The van der Waals surface area contributed by atoms with Gasteiger partial charge in [0.2, 0.25) is 0 Å². The van der Waals surface area contributed by atoms with Crippen molar-refractivity contribution in [2.45, 2.75) is 31.9 Å². The Balaban J connectivity index is 1.74. The monoisotopic (exact) mass is 299 g/mol. The van der Waals surface area contributed by atoms with Gasteiger partial charge in [-0.25, -0.2) is 4.79 Å². The lowest BCUT2D eigenvalue weighted by atomic mass is 10.2. The Hall–Kier alpha value is -1.18. The number of nitrogens with zero attached hydrogens (tertiary/aromatic N) is 2. The van der Waals surface area contributed by atoms with E-state index in [1.807, 2.05) is 0 Å². The first kappa shape index (κ1) is 16.2. The second-order valence-corrected chi connectivity index (χ2v) is 5.49. The highest BCUT2D eigenvalue weighted by Crippen LogP contribution is 2.14. The van der Waals surface area contributed by atoms with E-state index in [0.717, 1.165) is 39.1 Å². The quantitative estimate of drug-likeness (QED) is 0.528. The fourth-order valence-electron chi connectivity index (χ4n) is 2.76. The van der Waals surface area contributed by atoms with Gasteiger partial charge < -0.3 is 20.1 Å². The van der Waals surface area contributed by atoms with E-state index in [1.165, 1.54) is 0 Å². The first-order valence-electron chi connectivity index (χ1n) is 7.66. The van der Waals surface area contributed by atoms with Gasteiger partial charge in [0.25, 0.3) is 5.91 Å². The van der Waals surface area contributed by atoms with Crippen LogP contribution in [-0.2, 0) is 19.1 Å². The van der Waals surface area contributed by atoms with Gasteiger partial charge in [-0.3, -0.25) is 9.69 Å². The Kier molecular flexibility index (Phi) is 5.96. The van der Waals surface area contributed by atoms with E-state index in [0.29, 0.717) is 19.2 Å². The van der Waals surface area contributed by atoms with Gasteiger partial charge in [-0.2, -0.15) is 0 Å². The average molecular weight is 299 g/mol. The highest BCUT2D eigenvalue weighted by Gasteiger charge is 2.31. The summed E-state index contributed by atoms with van der Waals surface area (Å²) in [5.41, 5.74) is 5.65. The summed E-state index contributed by atoms with van der Waals surface area (Å²) in [6.07, 6.45) is 2.58. The molecule has 0 bridgehead atoms. The van der Waals surface area contributed by atoms with Crippen LogP contribution in [0.2, 0.25) is 0 Å². The Morgan fingerprint density at radius 3 is 2.62 bits per heavy atom. The van der Waals surface area contributed by atoms with E-state index in [1.54, 1.807) is 11.8 Å². The van der Waals surface area contributed by atoms with E-state index in [-0.39, 0.29) is 12.5 Å². The van der Waals surface area contributed by atoms with Crippen molar-refractivity contribution in [2.75, 3.05) is 45.9 Å². The van der Waals surface area contributed by atoms with Crippen LogP contribution in [-0.4, -0.2) is 79.8 Å². The molecule has 0 aliphatic carbocycles. The predicted octanol–water partition coefficient (Wildman–Crippen LogP) is -0.800. The second-order valence-electron chi connectivity index (χ2n) is 5.49. The molecule has 120 valence electrons. The molecule has 2 N–H and O–H groups in total. The number of nitrogens with two attached hydrogens (primary N) is 1. The van der Waals surface area contributed by atoms with Crippen molar-refractivity contribution in [2.24, 2.45) is 5.73 Å². The summed E-state index contributed by atoms with van der Waals surface area (Å²) in [5.74, 6) is -0.991. The van der Waals surface area contributed by atoms with Crippen LogP contribution in [0.1, 0.15) is 19.8 Å². The maximum atomic E-state index is 12.1. The molecule has 21 heavy (non-hydrogen) atoms. The first-order chi connectivity index (χ1) is 10.1. The summed E-state index contributed by atoms with van der Waals surface area (Å²) in [7, 11) is 0. The van der Waals surface area contributed by atoms with Gasteiger partial charge in [0, 0.05) is 39.3 Å². The van der Waals surface area contributed by atoms with Crippen molar-refractivity contribution < 1.29 is 19.1 Å². The molecule has 7 heteroatoms. The lowest BCUT2D eigenvalue weighted by Crippen LogP contribution is -2.56. The smallest absolute Gasteiger partial charge is 0.332 e. The van der Waals surface area contributed by atoms with Gasteiger partial charge in [0.05, 0.1) is 12.7 Å². The summed E-state index contributed by atoms with van der Waals surface area (Å²) >= 11 is 0. The van der Waals surface area contributed by atoms with E-state index in [9.17, 15) is 9.59 Å². The molecule has 0 saturated carbocycles. The first-order valence-corrected chi connectivity index (χ1v) is 7.66. The molecule has 2 aliphatic heterocycles. The van der Waals surface area contributed by atoms with Crippen molar-refractivity contribution in [3.63, 3.8) is 0 Å². The second kappa shape index (κ2) is 7.72. The van der Waals surface area contributed by atoms with Gasteiger partial charge in [0.1, 0.15) is 0 Å². The number of hydrogen-bond donors (Lipinski definition) is 1. The minimum Gasteiger partial charge on any atom is -0.464 e. The van der Waals surface area contributed by atoms with Crippen LogP contribution in [0.25, 0.3) is 0 Å². The molecule has 0 aromatic carbocycles. The number of esters is 1. The van der Waals surface area contributed by atoms with Gasteiger partial charge in [-0.15, -0.1) is 0 Å². The molecular formula is C14H25N3O4. The third kappa shape index (κ3) is 4.39.